The van der Waals surface area contributed by atoms with Crippen LogP contribution in [0, 0.1) is 4.91 Å². The van der Waals surface area contributed by atoms with Crippen molar-refractivity contribution in [3.63, 3.8) is 0 Å². The Morgan fingerprint density at radius 3 is 1.62 bits per heavy atom. The molecule has 0 aromatic carbocycles. The average Bonchev–Trinajstić information content (AvgIpc) is 2.65. The van der Waals surface area contributed by atoms with E-state index in [0.717, 1.165) is 13.2 Å². The Morgan fingerprint density at radius 1 is 1.19 bits per heavy atom. The fourth-order valence-corrected chi connectivity index (χ4v) is 0.711. The van der Waals surface area contributed by atoms with Crippen molar-refractivity contribution in [3.05, 3.63) is 4.91 Å². The minimum absolute atomic E-state index is 0.220. The van der Waals surface area contributed by atoms with Gasteiger partial charge in [-0.1, -0.05) is 13.8 Å². The lowest BCUT2D eigenvalue weighted by Gasteiger charge is -2.13. The highest BCUT2D eigenvalue weighted by Crippen LogP contribution is 2.15. The number of nitroso groups, excluding NO2 is 1. The van der Waals surface area contributed by atoms with Gasteiger partial charge in [0.25, 0.3) is 0 Å². The Morgan fingerprint density at radius 2 is 1.56 bits per heavy atom. The summed E-state index contributed by atoms with van der Waals surface area (Å²) in [7, 11) is 1.65. The highest BCUT2D eigenvalue weighted by Gasteiger charge is 2.23. The van der Waals surface area contributed by atoms with E-state index in [1.54, 1.807) is 7.05 Å². The molecule has 0 aromatic heterocycles. The zero-order valence-corrected chi connectivity index (χ0v) is 11.6. The first-order chi connectivity index (χ1) is 7.39. The number of rotatable bonds is 2. The van der Waals surface area contributed by atoms with Crippen molar-refractivity contribution in [2.24, 2.45) is 5.29 Å². The van der Waals surface area contributed by atoms with Gasteiger partial charge in [0, 0.05) is 13.1 Å². The van der Waals surface area contributed by atoms with Gasteiger partial charge in [0.05, 0.1) is 18.5 Å². The predicted octanol–water partition coefficient (Wildman–Crippen LogP) is 2.80. The molecule has 0 saturated carbocycles. The lowest BCUT2D eigenvalue weighted by Crippen LogP contribution is -2.18. The van der Waals surface area contributed by atoms with Crippen molar-refractivity contribution in [3.8, 4) is 0 Å². The van der Waals surface area contributed by atoms with Gasteiger partial charge in [-0.15, -0.1) is 4.91 Å². The van der Waals surface area contributed by atoms with Crippen LogP contribution >= 0.6 is 0 Å². The van der Waals surface area contributed by atoms with Gasteiger partial charge in [0.1, 0.15) is 0 Å². The molecule has 98 valence electrons. The fourth-order valence-electron chi connectivity index (χ4n) is 0.711. The quantitative estimate of drug-likeness (QED) is 0.544. The summed E-state index contributed by atoms with van der Waals surface area (Å²) in [6.07, 6.45) is 0. The minimum atomic E-state index is -0.306. The van der Waals surface area contributed by atoms with E-state index >= 15 is 0 Å². The molecule has 0 amide bonds. The lowest BCUT2D eigenvalue weighted by atomic mass is 10.4. The molecular weight excluding hydrogens is 208 g/mol. The van der Waals surface area contributed by atoms with Gasteiger partial charge in [-0.05, 0) is 27.7 Å². The van der Waals surface area contributed by atoms with Crippen LogP contribution in [0.2, 0.25) is 0 Å². The van der Waals surface area contributed by atoms with Crippen LogP contribution in [0.5, 0.6) is 0 Å². The number of hydrogen-bond acceptors (Lipinski definition) is 4. The summed E-state index contributed by atoms with van der Waals surface area (Å²) in [5.74, 6) is -0.306. The molecule has 0 atom stereocenters. The van der Waals surface area contributed by atoms with E-state index in [2.05, 4.69) is 5.29 Å². The van der Waals surface area contributed by atoms with Gasteiger partial charge in [0.2, 0.25) is 0 Å². The Bertz CT molecular complexity index is 165. The van der Waals surface area contributed by atoms with E-state index in [9.17, 15) is 4.91 Å². The van der Waals surface area contributed by atoms with Crippen LogP contribution in [0.15, 0.2) is 5.29 Å². The van der Waals surface area contributed by atoms with E-state index in [1.807, 2.05) is 41.5 Å². The van der Waals surface area contributed by atoms with Gasteiger partial charge in [-0.2, -0.15) is 0 Å². The first-order valence-corrected chi connectivity index (χ1v) is 5.73. The Kier molecular flexibility index (Phi) is 10.6. The molecule has 0 unspecified atom stereocenters. The molecule has 5 heteroatoms. The summed E-state index contributed by atoms with van der Waals surface area (Å²) >= 11 is 0. The molecular formula is C11H26N2O3. The predicted molar refractivity (Wildman–Crippen MR) is 66.0 cm³/mol. The number of ether oxygens (including phenoxy) is 2. The van der Waals surface area contributed by atoms with Crippen LogP contribution in [0.3, 0.4) is 0 Å². The van der Waals surface area contributed by atoms with Crippen LogP contribution in [-0.4, -0.2) is 37.1 Å². The molecule has 0 radical (unpaired) electrons. The standard InChI is InChI=1S/C5H10O2.C4H10N2O.C2H6/c1-5(2)6-3-4-7-5;1-4(2)6(3)5-7;1-2/h3-4H2,1-2H3;4H,1-3H3;1-2H3. The molecule has 1 aliphatic rings. The van der Waals surface area contributed by atoms with Gasteiger partial charge < -0.3 is 9.47 Å². The average molecular weight is 234 g/mol. The van der Waals surface area contributed by atoms with E-state index in [4.69, 9.17) is 9.47 Å². The molecule has 1 rings (SSSR count). The summed E-state index contributed by atoms with van der Waals surface area (Å²) < 4.78 is 10.2. The maximum absolute atomic E-state index is 9.62. The Balaban J connectivity index is 0. The second kappa shape index (κ2) is 9.54. The maximum atomic E-state index is 9.62. The summed E-state index contributed by atoms with van der Waals surface area (Å²) in [5.41, 5.74) is 0. The Labute approximate surface area is 99.0 Å². The molecule has 16 heavy (non-hydrogen) atoms. The summed E-state index contributed by atoms with van der Waals surface area (Å²) in [6.45, 7) is 13.1. The first-order valence-electron chi connectivity index (χ1n) is 5.73. The van der Waals surface area contributed by atoms with Crippen molar-refractivity contribution < 1.29 is 9.47 Å². The number of nitrogens with zero attached hydrogens (tertiary/aromatic N) is 2. The zero-order chi connectivity index (χ0) is 13.2. The monoisotopic (exact) mass is 234 g/mol. The van der Waals surface area contributed by atoms with Crippen molar-refractivity contribution in [1.29, 1.82) is 0 Å². The second-order valence-electron chi connectivity index (χ2n) is 3.85. The summed E-state index contributed by atoms with van der Waals surface area (Å²) in [4.78, 5) is 9.62. The van der Waals surface area contributed by atoms with Gasteiger partial charge in [-0.3, -0.25) is 5.01 Å². The molecule has 0 aromatic rings. The first kappa shape index (κ1) is 17.7. The molecule has 0 N–H and O–H groups in total. The van der Waals surface area contributed by atoms with E-state index in [0.29, 0.717) is 0 Å². The largest absolute Gasteiger partial charge is 0.348 e. The SMILES string of the molecule is CC.CC(C)N(C)N=O.CC1(C)OCCO1. The third-order valence-electron chi connectivity index (χ3n) is 1.86. The number of hydrogen-bond donors (Lipinski definition) is 0. The zero-order valence-electron chi connectivity index (χ0n) is 11.6. The van der Waals surface area contributed by atoms with Crippen molar-refractivity contribution in [1.82, 2.24) is 5.01 Å². The van der Waals surface area contributed by atoms with Crippen LogP contribution in [0.25, 0.3) is 0 Å². The van der Waals surface area contributed by atoms with Crippen LogP contribution in [-0.2, 0) is 9.47 Å². The smallest absolute Gasteiger partial charge is 0.162 e. The molecule has 1 aliphatic heterocycles. The van der Waals surface area contributed by atoms with E-state index < -0.39 is 0 Å². The Hall–Kier alpha value is -0.680. The molecule has 0 spiro atoms. The lowest BCUT2D eigenvalue weighted by molar-refractivity contribution is -0.125. The van der Waals surface area contributed by atoms with Crippen LogP contribution in [0.1, 0.15) is 41.5 Å². The highest BCUT2D eigenvalue weighted by atomic mass is 16.7. The molecule has 1 heterocycles. The molecule has 0 aliphatic carbocycles. The van der Waals surface area contributed by atoms with E-state index in [-0.39, 0.29) is 11.8 Å². The van der Waals surface area contributed by atoms with Crippen molar-refractivity contribution in [2.75, 3.05) is 20.3 Å². The van der Waals surface area contributed by atoms with Gasteiger partial charge in [-0.25, -0.2) is 0 Å². The van der Waals surface area contributed by atoms with Crippen LogP contribution < -0.4 is 0 Å². The summed E-state index contributed by atoms with van der Waals surface area (Å²) in [5, 5.41) is 4.03. The molecule has 0 bridgehead atoms. The maximum Gasteiger partial charge on any atom is 0.162 e. The van der Waals surface area contributed by atoms with Crippen LogP contribution in [0.4, 0.5) is 0 Å². The molecule has 1 fully saturated rings. The highest BCUT2D eigenvalue weighted by molar-refractivity contribution is 4.58. The second-order valence-corrected chi connectivity index (χ2v) is 3.85. The summed E-state index contributed by atoms with van der Waals surface area (Å²) in [6, 6.07) is 0.220. The third-order valence-corrected chi connectivity index (χ3v) is 1.86. The fraction of sp³-hybridized carbons (Fsp3) is 1.00. The minimum Gasteiger partial charge on any atom is -0.348 e. The topological polar surface area (TPSA) is 51.1 Å². The molecule has 1 saturated heterocycles. The van der Waals surface area contributed by atoms with Gasteiger partial charge >= 0.3 is 0 Å². The third kappa shape index (κ3) is 9.86. The van der Waals surface area contributed by atoms with E-state index in [1.165, 1.54) is 5.01 Å². The van der Waals surface area contributed by atoms with Crippen molar-refractivity contribution >= 4 is 0 Å². The normalized spacial score (nSPS) is 16.8. The molecule has 5 nitrogen and oxygen atoms in total. The van der Waals surface area contributed by atoms with Crippen molar-refractivity contribution in [2.45, 2.75) is 53.4 Å². The van der Waals surface area contributed by atoms with Gasteiger partial charge in [0.15, 0.2) is 5.79 Å².